The van der Waals surface area contributed by atoms with Gasteiger partial charge in [-0.1, -0.05) is 44.0 Å². The number of morpholine rings is 1. The molecule has 5 fully saturated rings. The molecule has 18 atom stereocenters. The molecule has 0 aliphatic carbocycles. The predicted octanol–water partition coefficient (Wildman–Crippen LogP) is 6.08. The first-order valence-electron chi connectivity index (χ1n) is 28.3. The fourth-order valence-corrected chi connectivity index (χ4v) is 14.0. The summed E-state index contributed by atoms with van der Waals surface area (Å²) in [5, 5.41) is 26.5. The van der Waals surface area contributed by atoms with Crippen molar-refractivity contribution in [3.8, 4) is 0 Å². The molecule has 3 aromatic rings. The number of Topliss-reactive ketones (excluding diaryl/α,β-unsaturated/α-hetero) is 1. The Balaban J connectivity index is 1.13. The summed E-state index contributed by atoms with van der Waals surface area (Å²) in [5.41, 5.74) is 2.92. The molecule has 84 heavy (non-hydrogen) atoms. The zero-order valence-corrected chi connectivity index (χ0v) is 53.2. The van der Waals surface area contributed by atoms with Crippen LogP contribution in [0.1, 0.15) is 98.4 Å². The number of rotatable bonds is 13. The van der Waals surface area contributed by atoms with Gasteiger partial charge in [-0.15, -0.1) is 0 Å². The van der Waals surface area contributed by atoms with Crippen molar-refractivity contribution in [1.82, 2.24) is 34.2 Å². The number of aryl methyl sites for hydroxylation is 1. The smallest absolute Gasteiger partial charge is 0.410 e. The third kappa shape index (κ3) is 13.1. The highest BCUT2D eigenvalue weighted by molar-refractivity contribution is 14.1. The van der Waals surface area contributed by atoms with Crippen molar-refractivity contribution in [3.05, 3.63) is 40.5 Å². The van der Waals surface area contributed by atoms with Gasteiger partial charge in [-0.05, 0) is 83.4 Å². The number of carbonyl (C=O) groups excluding carboxylic acids is 5. The number of aliphatic hydroxyl groups is 2. The molecule has 4 amide bonds. The number of aliphatic hydroxyl groups excluding tert-OH is 2. The van der Waals surface area contributed by atoms with Gasteiger partial charge < -0.3 is 83.2 Å². The Morgan fingerprint density at radius 3 is 2.24 bits per heavy atom. The molecule has 25 nitrogen and oxygen atoms in total. The highest BCUT2D eigenvalue weighted by Gasteiger charge is 2.61. The maximum absolute atomic E-state index is 15.4. The van der Waals surface area contributed by atoms with Gasteiger partial charge in [0.05, 0.1) is 100.0 Å². The summed E-state index contributed by atoms with van der Waals surface area (Å²) in [6.45, 7) is 17.3. The largest absolute Gasteiger partial charge is 0.447 e. The van der Waals surface area contributed by atoms with Gasteiger partial charge in [-0.2, -0.15) is 0 Å². The third-order valence-electron chi connectivity index (χ3n) is 17.7. The lowest BCUT2D eigenvalue weighted by atomic mass is 9.74. The lowest BCUT2D eigenvalue weighted by Crippen LogP contribution is -2.62. The third-order valence-corrected chi connectivity index (χ3v) is 19.8. The highest BCUT2D eigenvalue weighted by Crippen LogP contribution is 2.46. The zero-order valence-electron chi connectivity index (χ0n) is 49.5. The number of esters is 1. The number of likely N-dealkylation sites (N-methyl/N-ethyl adjacent to an activating group) is 1. The number of hydrogen-bond donors (Lipinski definition) is 4. The highest BCUT2D eigenvalue weighted by atomic mass is 127. The summed E-state index contributed by atoms with van der Waals surface area (Å²) in [7, 11) is 4.60. The number of pyridine rings is 2. The van der Waals surface area contributed by atoms with Crippen molar-refractivity contribution in [3.63, 3.8) is 0 Å². The van der Waals surface area contributed by atoms with E-state index >= 15 is 9.59 Å². The van der Waals surface area contributed by atoms with Gasteiger partial charge in [-0.25, -0.2) is 19.6 Å². The average Bonchev–Trinajstić information content (AvgIpc) is 3.68. The molecular weight excluding hydrogens is 1250 g/mol. The monoisotopic (exact) mass is 1330 g/mol. The lowest BCUT2D eigenvalue weighted by Gasteiger charge is -2.50. The van der Waals surface area contributed by atoms with Gasteiger partial charge in [0, 0.05) is 90.2 Å². The van der Waals surface area contributed by atoms with Crippen molar-refractivity contribution < 1.29 is 76.8 Å². The second-order valence-corrected chi connectivity index (χ2v) is 25.5. The number of nitrogens with zero attached hydrogens (tertiary/aromatic N) is 7. The first-order chi connectivity index (χ1) is 39.6. The number of nitrogens with one attached hydrogen (secondary N) is 1. The number of urea groups is 1. The van der Waals surface area contributed by atoms with Crippen molar-refractivity contribution >= 4 is 98.1 Å². The van der Waals surface area contributed by atoms with Gasteiger partial charge in [0.1, 0.15) is 23.5 Å². The quantitative estimate of drug-likeness (QED) is 0.0856. The molecule has 5 aliphatic heterocycles. The van der Waals surface area contributed by atoms with Crippen LogP contribution in [0, 0.1) is 23.7 Å². The van der Waals surface area contributed by atoms with E-state index in [-0.39, 0.29) is 83.2 Å². The maximum Gasteiger partial charge on any atom is 0.410 e. The molecule has 8 heterocycles. The molecule has 3 aromatic heterocycles. The number of carbonyl (C=O) groups is 5. The number of ketones is 1. The molecule has 8 rings (SSSR count). The Morgan fingerprint density at radius 1 is 0.917 bits per heavy atom. The van der Waals surface area contributed by atoms with Gasteiger partial charge in [0.2, 0.25) is 0 Å². The summed E-state index contributed by atoms with van der Waals surface area (Å²) in [5.74, 6) is -5.36. The van der Waals surface area contributed by atoms with E-state index in [2.05, 4.69) is 20.3 Å². The van der Waals surface area contributed by atoms with E-state index < -0.39 is 124 Å². The first kappa shape index (κ1) is 65.6. The lowest BCUT2D eigenvalue weighted by molar-refractivity contribution is -0.318. The Hall–Kier alpha value is -4.33. The summed E-state index contributed by atoms with van der Waals surface area (Å²) in [4.78, 5) is 90.0. The number of hydrogen-bond acceptors (Lipinski definition) is 20. The number of aromatic nitrogens is 4. The number of cyclic esters (lactones) is 1. The summed E-state index contributed by atoms with van der Waals surface area (Å²) in [6.07, 6.45) is -3.17. The summed E-state index contributed by atoms with van der Waals surface area (Å²) >= 11 is 14.6. The normalized spacial score (nSPS) is 36.4. The molecule has 5 saturated heterocycles. The molecule has 0 radical (unpaired) electrons. The number of alkyl halides is 1. The van der Waals surface area contributed by atoms with Gasteiger partial charge in [-0.3, -0.25) is 19.4 Å². The van der Waals surface area contributed by atoms with Crippen molar-refractivity contribution in [2.75, 3.05) is 65.2 Å². The molecule has 5 N–H and O–H groups in total. The second-order valence-electron chi connectivity index (χ2n) is 23.6. The first-order valence-corrected chi connectivity index (χ1v) is 30.3. The minimum Gasteiger partial charge on any atom is -0.447 e. The van der Waals surface area contributed by atoms with Crippen LogP contribution in [0.15, 0.2) is 24.9 Å². The SMILES string of the molecule is CO[C@]1(C)C[C@@H](C)C(=O)[C@H](C)[C@H]2N(CCCn3cnc4c(N)ncc(C(=O)Nc5c(Cl)cncc5Cl)c43)C(=O)O[C@]2(C)[C@@H](I)OC(=O)[C@H](C)[C@@H](O[C@H]2C[C@@](C)(OC)[C@@H](O)[C@H](C)O2)[C@H](C)[C@H]1O[C@@H]1O[C@H](C)C[C@H](N(C)C(=O)N2CCOCC2)[C@H]1O. The van der Waals surface area contributed by atoms with Crippen molar-refractivity contribution in [2.24, 2.45) is 23.7 Å². The number of anilines is 2. The number of nitrogen functional groups attached to an aromatic ring is 1. The van der Waals surface area contributed by atoms with E-state index in [1.165, 1.54) is 48.9 Å². The molecule has 0 unspecified atom stereocenters. The molecule has 0 spiro atoms. The van der Waals surface area contributed by atoms with Crippen LogP contribution in [0.25, 0.3) is 11.0 Å². The standard InChI is InChI=1S/C56H80Cl2IN9O16/c1-27-21-55(8,77-12)46(82-50-42(70)36(20-28(2)79-50)65(10)52(74)66-16-18-78-19-17-66)30(4)43(81-37-22-54(7,76-11)45(71)32(6)80-37)31(5)49(73)83-51(59)56(9)44(29(3)41(27)69)68(53(75)84-56)15-13-14-67-26-63-39-40(67)33(23-62-47(39)60)48(72)64-38-34(57)24-61-25-35(38)58/h23-32,36-37,42-46,50-51,70-71H,13-22H2,1-12H3,(H2,60,62)(H,61,64,72)/t27-,28-,29+,30+,31-,32+,36+,37+,42-,43+,44-,45+,46-,50+,51+,54-,55-,56+/m1/s1. The zero-order chi connectivity index (χ0) is 61.5. The number of nitrogens with two attached hydrogens (primary N) is 1. The number of methoxy groups -OCH3 is 2. The fourth-order valence-electron chi connectivity index (χ4n) is 12.8. The van der Waals surface area contributed by atoms with Crippen LogP contribution >= 0.6 is 45.8 Å². The van der Waals surface area contributed by atoms with Gasteiger partial charge in [0.25, 0.3) is 5.91 Å². The molecule has 0 aromatic carbocycles. The number of imidazole rings is 1. The molecule has 5 aliphatic rings. The van der Waals surface area contributed by atoms with Crippen LogP contribution < -0.4 is 11.1 Å². The van der Waals surface area contributed by atoms with Crippen LogP contribution in [0.5, 0.6) is 0 Å². The van der Waals surface area contributed by atoms with Gasteiger partial charge in [0.15, 0.2) is 28.1 Å². The van der Waals surface area contributed by atoms with E-state index in [9.17, 15) is 24.6 Å². The maximum atomic E-state index is 15.4. The average molecular weight is 1330 g/mol. The molecule has 466 valence electrons. The van der Waals surface area contributed by atoms with E-state index in [0.29, 0.717) is 31.8 Å². The number of amides is 4. The Labute approximate surface area is 512 Å². The summed E-state index contributed by atoms with van der Waals surface area (Å²) < 4.78 is 57.8. The van der Waals surface area contributed by atoms with Crippen LogP contribution in [-0.4, -0.2) is 211 Å². The predicted molar refractivity (Wildman–Crippen MR) is 314 cm³/mol. The Kier molecular flexibility index (Phi) is 20.8. The van der Waals surface area contributed by atoms with Crippen molar-refractivity contribution in [2.45, 2.75) is 177 Å². The molecule has 28 heteroatoms. The molecule has 0 saturated carbocycles. The van der Waals surface area contributed by atoms with E-state index in [4.69, 9.17) is 71.6 Å². The fraction of sp³-hybridized carbons (Fsp3) is 0.714. The molecule has 0 bridgehead atoms. The van der Waals surface area contributed by atoms with E-state index in [1.54, 1.807) is 71.9 Å². The second kappa shape index (κ2) is 26.6. The van der Waals surface area contributed by atoms with E-state index in [0.717, 1.165) is 0 Å². The Bertz CT molecular complexity index is 2870. The minimum atomic E-state index is -1.62. The van der Waals surface area contributed by atoms with Gasteiger partial charge >= 0.3 is 18.1 Å². The number of halogens is 3. The van der Waals surface area contributed by atoms with E-state index in [1.807, 2.05) is 29.5 Å². The van der Waals surface area contributed by atoms with Crippen LogP contribution in [0.2, 0.25) is 10.0 Å². The van der Waals surface area contributed by atoms with Crippen LogP contribution in [-0.2, 0) is 58.8 Å². The molecular formula is C56H80Cl2IN9O16. The number of ether oxygens (including phenoxy) is 9. The Morgan fingerprint density at radius 2 is 1.58 bits per heavy atom. The van der Waals surface area contributed by atoms with Crippen LogP contribution in [0.3, 0.4) is 0 Å². The van der Waals surface area contributed by atoms with Crippen LogP contribution in [0.4, 0.5) is 21.1 Å². The summed E-state index contributed by atoms with van der Waals surface area (Å²) in [6, 6.07) is -2.07. The minimum absolute atomic E-state index is 0.00240. The topological polar surface area (TPSA) is 300 Å². The number of fused-ring (bicyclic) bond motifs is 2. The van der Waals surface area contributed by atoms with Crippen molar-refractivity contribution in [1.29, 1.82) is 0 Å².